The molecule has 0 bridgehead atoms. The Kier molecular flexibility index (Phi) is 2.58. The van der Waals surface area contributed by atoms with Crippen LogP contribution in [0.3, 0.4) is 0 Å². The highest BCUT2D eigenvalue weighted by molar-refractivity contribution is 14.1. The minimum atomic E-state index is -2.06. The highest BCUT2D eigenvalue weighted by atomic mass is 127. The summed E-state index contributed by atoms with van der Waals surface area (Å²) in [4.78, 5) is 21.3. The van der Waals surface area contributed by atoms with Gasteiger partial charge in [0.15, 0.2) is 0 Å². The summed E-state index contributed by atoms with van der Waals surface area (Å²) in [6.07, 6.45) is 0. The molecule has 7 heteroatoms. The molecule has 84 valence electrons. The molecule has 1 atom stereocenters. The molecular formula is C9H7IN2O4. The van der Waals surface area contributed by atoms with Crippen LogP contribution in [0.15, 0.2) is 18.2 Å². The molecule has 16 heavy (non-hydrogen) atoms. The van der Waals surface area contributed by atoms with Crippen molar-refractivity contribution in [3.63, 3.8) is 0 Å². The number of benzene rings is 1. The van der Waals surface area contributed by atoms with Gasteiger partial charge in [0, 0.05) is 19.7 Å². The van der Waals surface area contributed by atoms with Gasteiger partial charge < -0.3 is 10.4 Å². The smallest absolute Gasteiger partial charge is 0.268 e. The number of fused-ring (bicyclic) bond motifs is 1. The summed E-state index contributed by atoms with van der Waals surface area (Å²) >= 11 is 2.01. The number of carbonyl (C=O) groups is 1. The van der Waals surface area contributed by atoms with Gasteiger partial charge in [-0.1, -0.05) is 0 Å². The number of aliphatic hydroxyl groups is 1. The fourth-order valence-electron chi connectivity index (χ4n) is 1.66. The summed E-state index contributed by atoms with van der Waals surface area (Å²) in [6.45, 7) is -0.827. The minimum Gasteiger partial charge on any atom is -0.370 e. The van der Waals surface area contributed by atoms with Gasteiger partial charge in [-0.05, 0) is 40.8 Å². The van der Waals surface area contributed by atoms with Crippen LogP contribution in [0.25, 0.3) is 0 Å². The normalized spacial score (nSPS) is 22.8. The molecule has 0 aliphatic carbocycles. The first kappa shape index (κ1) is 11.3. The first-order chi connectivity index (χ1) is 7.43. The molecule has 2 N–H and O–H groups in total. The zero-order valence-corrected chi connectivity index (χ0v) is 10.1. The molecule has 1 aromatic rings. The van der Waals surface area contributed by atoms with Crippen LogP contribution >= 0.6 is 22.6 Å². The third-order valence-electron chi connectivity index (χ3n) is 2.41. The third kappa shape index (κ3) is 1.65. The molecule has 0 aromatic heterocycles. The Morgan fingerprint density at radius 1 is 1.56 bits per heavy atom. The lowest BCUT2D eigenvalue weighted by molar-refractivity contribution is -0.498. The Bertz CT molecular complexity index is 490. The van der Waals surface area contributed by atoms with Crippen molar-refractivity contribution in [3.05, 3.63) is 37.4 Å². The first-order valence-corrected chi connectivity index (χ1v) is 5.47. The Labute approximate surface area is 104 Å². The molecule has 0 spiro atoms. The number of amides is 1. The van der Waals surface area contributed by atoms with E-state index in [1.807, 2.05) is 22.6 Å². The van der Waals surface area contributed by atoms with Gasteiger partial charge in [-0.3, -0.25) is 14.9 Å². The maximum atomic E-state index is 11.5. The Morgan fingerprint density at radius 2 is 2.25 bits per heavy atom. The van der Waals surface area contributed by atoms with E-state index in [9.17, 15) is 20.0 Å². The standard InChI is InChI=1S/C9H7IN2O4/c10-5-1-2-7-6(3-5)9(14,4-12(15)16)8(13)11-7/h1-3,14H,4H2,(H,11,13)/t9-/m1/s1. The SMILES string of the molecule is O=C1Nc2ccc(I)cc2[C@]1(O)C[N+](=O)[O-]. The van der Waals surface area contributed by atoms with E-state index in [0.29, 0.717) is 5.69 Å². The van der Waals surface area contributed by atoms with Gasteiger partial charge in [0.25, 0.3) is 5.91 Å². The van der Waals surface area contributed by atoms with Gasteiger partial charge in [-0.25, -0.2) is 0 Å². The average molecular weight is 334 g/mol. The highest BCUT2D eigenvalue weighted by Gasteiger charge is 2.49. The summed E-state index contributed by atoms with van der Waals surface area (Å²) in [5, 5.41) is 22.9. The Hall–Kier alpha value is -1.22. The molecule has 1 aliphatic rings. The van der Waals surface area contributed by atoms with E-state index in [4.69, 9.17) is 0 Å². The predicted octanol–water partition coefficient (Wildman–Crippen LogP) is 0.708. The van der Waals surface area contributed by atoms with Crippen molar-refractivity contribution in [1.29, 1.82) is 0 Å². The number of hydrogen-bond acceptors (Lipinski definition) is 4. The van der Waals surface area contributed by atoms with E-state index < -0.39 is 23.0 Å². The molecule has 1 aromatic carbocycles. The van der Waals surface area contributed by atoms with E-state index in [2.05, 4.69) is 5.32 Å². The van der Waals surface area contributed by atoms with Crippen LogP contribution in [-0.2, 0) is 10.4 Å². The number of halogens is 1. The van der Waals surface area contributed by atoms with Crippen LogP contribution in [0.4, 0.5) is 5.69 Å². The fourth-order valence-corrected chi connectivity index (χ4v) is 2.15. The Morgan fingerprint density at radius 3 is 2.88 bits per heavy atom. The molecule has 0 unspecified atom stereocenters. The molecule has 1 amide bonds. The van der Waals surface area contributed by atoms with Crippen molar-refractivity contribution in [2.24, 2.45) is 0 Å². The van der Waals surface area contributed by atoms with Crippen LogP contribution in [0, 0.1) is 13.7 Å². The largest absolute Gasteiger partial charge is 0.370 e. The second-order valence-electron chi connectivity index (χ2n) is 3.50. The molecule has 0 fully saturated rings. The minimum absolute atomic E-state index is 0.265. The lowest BCUT2D eigenvalue weighted by Crippen LogP contribution is -2.40. The number of nitro groups is 1. The molecule has 0 saturated heterocycles. The monoisotopic (exact) mass is 334 g/mol. The topological polar surface area (TPSA) is 92.5 Å². The third-order valence-corrected chi connectivity index (χ3v) is 3.08. The first-order valence-electron chi connectivity index (χ1n) is 4.39. The number of rotatable bonds is 2. The maximum absolute atomic E-state index is 11.5. The highest BCUT2D eigenvalue weighted by Crippen LogP contribution is 2.36. The lowest BCUT2D eigenvalue weighted by Gasteiger charge is -2.15. The summed E-state index contributed by atoms with van der Waals surface area (Å²) in [5.74, 6) is -0.749. The van der Waals surface area contributed by atoms with E-state index in [1.165, 1.54) is 0 Å². The van der Waals surface area contributed by atoms with Crippen molar-refractivity contribution in [3.8, 4) is 0 Å². The summed E-state index contributed by atoms with van der Waals surface area (Å²) in [6, 6.07) is 4.93. The molecular weight excluding hydrogens is 327 g/mol. The number of carbonyl (C=O) groups excluding carboxylic acids is 1. The van der Waals surface area contributed by atoms with Crippen molar-refractivity contribution in [1.82, 2.24) is 0 Å². The molecule has 1 aliphatic heterocycles. The van der Waals surface area contributed by atoms with Crippen LogP contribution in [0.5, 0.6) is 0 Å². The van der Waals surface area contributed by atoms with Gasteiger partial charge in [0.05, 0.1) is 0 Å². The molecule has 6 nitrogen and oxygen atoms in total. The number of hydrogen-bond donors (Lipinski definition) is 2. The lowest BCUT2D eigenvalue weighted by atomic mass is 9.96. The fraction of sp³-hybridized carbons (Fsp3) is 0.222. The number of nitrogens with one attached hydrogen (secondary N) is 1. The van der Waals surface area contributed by atoms with Gasteiger partial charge in [-0.15, -0.1) is 0 Å². The van der Waals surface area contributed by atoms with Crippen molar-refractivity contribution in [2.45, 2.75) is 5.60 Å². The number of nitrogens with zero attached hydrogens (tertiary/aromatic N) is 1. The van der Waals surface area contributed by atoms with Gasteiger partial charge in [0.2, 0.25) is 12.1 Å². The van der Waals surface area contributed by atoms with Crippen LogP contribution in [-0.4, -0.2) is 22.5 Å². The van der Waals surface area contributed by atoms with E-state index in [-0.39, 0.29) is 5.56 Å². The van der Waals surface area contributed by atoms with Crippen LogP contribution in [0.2, 0.25) is 0 Å². The van der Waals surface area contributed by atoms with E-state index in [0.717, 1.165) is 3.57 Å². The second-order valence-corrected chi connectivity index (χ2v) is 4.74. The van der Waals surface area contributed by atoms with Gasteiger partial charge in [0.1, 0.15) is 0 Å². The van der Waals surface area contributed by atoms with Crippen LogP contribution < -0.4 is 5.32 Å². The van der Waals surface area contributed by atoms with Crippen molar-refractivity contribution >= 4 is 34.2 Å². The molecule has 0 saturated carbocycles. The Balaban J connectivity index is 2.53. The number of anilines is 1. The van der Waals surface area contributed by atoms with Crippen LogP contribution in [0.1, 0.15) is 5.56 Å². The quantitative estimate of drug-likeness (QED) is 0.473. The zero-order valence-electron chi connectivity index (χ0n) is 7.94. The average Bonchev–Trinajstić information content (AvgIpc) is 2.40. The molecule has 2 rings (SSSR count). The molecule has 0 radical (unpaired) electrons. The summed E-state index contributed by atoms with van der Waals surface area (Å²) in [5.41, 5.74) is -1.36. The zero-order chi connectivity index (χ0) is 11.9. The van der Waals surface area contributed by atoms with Crippen molar-refractivity contribution < 1.29 is 14.8 Å². The van der Waals surface area contributed by atoms with Gasteiger partial charge >= 0.3 is 0 Å². The molecule has 1 heterocycles. The van der Waals surface area contributed by atoms with E-state index in [1.54, 1.807) is 18.2 Å². The van der Waals surface area contributed by atoms with E-state index >= 15 is 0 Å². The predicted molar refractivity (Wildman–Crippen MR) is 63.5 cm³/mol. The summed E-state index contributed by atoms with van der Waals surface area (Å²) in [7, 11) is 0. The van der Waals surface area contributed by atoms with Crippen molar-refractivity contribution in [2.75, 3.05) is 11.9 Å². The summed E-state index contributed by atoms with van der Waals surface area (Å²) < 4.78 is 0.801. The second kappa shape index (κ2) is 3.67. The maximum Gasteiger partial charge on any atom is 0.268 e. The van der Waals surface area contributed by atoms with Gasteiger partial charge in [-0.2, -0.15) is 0 Å².